The van der Waals surface area contributed by atoms with Crippen molar-refractivity contribution in [3.63, 3.8) is 0 Å². The molecule has 0 aromatic rings. The maximum atomic E-state index is 5.71. The molecule has 0 aliphatic carbocycles. The molecule has 92 valence electrons. The van der Waals surface area contributed by atoms with Crippen molar-refractivity contribution >= 4 is 0 Å². The molecule has 0 rings (SSSR count). The molecule has 2 N–H and O–H groups in total. The normalized spacial score (nSPS) is 13.0. The Labute approximate surface area is 91.8 Å². The van der Waals surface area contributed by atoms with E-state index in [9.17, 15) is 0 Å². The van der Waals surface area contributed by atoms with Gasteiger partial charge in [-0.15, -0.1) is 0 Å². The van der Waals surface area contributed by atoms with E-state index in [0.717, 1.165) is 0 Å². The number of ether oxygens (including phenoxy) is 4. The van der Waals surface area contributed by atoms with Gasteiger partial charge < -0.3 is 24.7 Å². The predicted molar refractivity (Wildman–Crippen MR) is 58.0 cm³/mol. The second-order valence-corrected chi connectivity index (χ2v) is 3.10. The first-order chi connectivity index (χ1) is 7.31. The molecule has 0 aliphatic rings. The lowest BCUT2D eigenvalue weighted by atomic mass is 10.4. The average molecular weight is 221 g/mol. The minimum atomic E-state index is -0.0519. The minimum Gasteiger partial charge on any atom is -0.382 e. The van der Waals surface area contributed by atoms with Crippen LogP contribution in [0.1, 0.15) is 6.92 Å². The Morgan fingerprint density at radius 3 is 2.20 bits per heavy atom. The van der Waals surface area contributed by atoms with Crippen LogP contribution in [0.2, 0.25) is 0 Å². The van der Waals surface area contributed by atoms with Crippen LogP contribution in [0, 0.1) is 0 Å². The zero-order chi connectivity index (χ0) is 11.4. The molecule has 0 unspecified atom stereocenters. The van der Waals surface area contributed by atoms with Crippen molar-refractivity contribution < 1.29 is 18.9 Å². The fourth-order valence-electron chi connectivity index (χ4n) is 0.914. The molecule has 5 heteroatoms. The van der Waals surface area contributed by atoms with Crippen LogP contribution in [-0.4, -0.2) is 59.4 Å². The van der Waals surface area contributed by atoms with Gasteiger partial charge in [0.05, 0.1) is 45.7 Å². The largest absolute Gasteiger partial charge is 0.382 e. The van der Waals surface area contributed by atoms with Gasteiger partial charge in [0.2, 0.25) is 0 Å². The van der Waals surface area contributed by atoms with Gasteiger partial charge >= 0.3 is 0 Å². The Morgan fingerprint density at radius 2 is 1.53 bits per heavy atom. The summed E-state index contributed by atoms with van der Waals surface area (Å²) in [5.74, 6) is 0. The van der Waals surface area contributed by atoms with E-state index in [1.54, 1.807) is 7.11 Å². The quantitative estimate of drug-likeness (QED) is 0.499. The summed E-state index contributed by atoms with van der Waals surface area (Å²) >= 11 is 0. The summed E-state index contributed by atoms with van der Waals surface area (Å²) in [6, 6.07) is -0.0519. The Hall–Kier alpha value is -0.200. The second-order valence-electron chi connectivity index (χ2n) is 3.10. The summed E-state index contributed by atoms with van der Waals surface area (Å²) in [7, 11) is 1.65. The standard InChI is InChI=1S/C10H23NO4/c1-3-13-8-10(11)9-15-7-6-14-5-4-12-2/h10H,3-9,11H2,1-2H3/t10-/m1/s1. The molecular formula is C10H23NO4. The molecule has 0 heterocycles. The lowest BCUT2D eigenvalue weighted by Gasteiger charge is -2.11. The van der Waals surface area contributed by atoms with Crippen molar-refractivity contribution in [3.05, 3.63) is 0 Å². The van der Waals surface area contributed by atoms with Gasteiger partial charge in [-0.2, -0.15) is 0 Å². The number of hydrogen-bond donors (Lipinski definition) is 1. The van der Waals surface area contributed by atoms with Gasteiger partial charge in [0, 0.05) is 13.7 Å². The van der Waals surface area contributed by atoms with Gasteiger partial charge in [0.25, 0.3) is 0 Å². The van der Waals surface area contributed by atoms with E-state index in [4.69, 9.17) is 24.7 Å². The van der Waals surface area contributed by atoms with Crippen molar-refractivity contribution in [1.82, 2.24) is 0 Å². The zero-order valence-corrected chi connectivity index (χ0v) is 9.74. The van der Waals surface area contributed by atoms with Crippen molar-refractivity contribution in [2.45, 2.75) is 13.0 Å². The highest BCUT2D eigenvalue weighted by Gasteiger charge is 2.01. The van der Waals surface area contributed by atoms with Crippen LogP contribution in [0.15, 0.2) is 0 Å². The topological polar surface area (TPSA) is 62.9 Å². The summed E-state index contributed by atoms with van der Waals surface area (Å²) in [6.07, 6.45) is 0. The molecule has 15 heavy (non-hydrogen) atoms. The van der Waals surface area contributed by atoms with E-state index in [1.165, 1.54) is 0 Å². The van der Waals surface area contributed by atoms with Gasteiger partial charge in [-0.3, -0.25) is 0 Å². The van der Waals surface area contributed by atoms with E-state index < -0.39 is 0 Å². The van der Waals surface area contributed by atoms with Crippen LogP contribution >= 0.6 is 0 Å². The molecule has 0 radical (unpaired) electrons. The molecule has 5 nitrogen and oxygen atoms in total. The van der Waals surface area contributed by atoms with Crippen LogP contribution in [0.5, 0.6) is 0 Å². The maximum absolute atomic E-state index is 5.71. The lowest BCUT2D eigenvalue weighted by molar-refractivity contribution is 0.0139. The first kappa shape index (κ1) is 14.8. The van der Waals surface area contributed by atoms with E-state index in [2.05, 4.69) is 0 Å². The molecule has 0 bridgehead atoms. The fourth-order valence-corrected chi connectivity index (χ4v) is 0.914. The Bertz CT molecular complexity index is 124. The summed E-state index contributed by atoms with van der Waals surface area (Å²) in [5.41, 5.74) is 5.71. The first-order valence-electron chi connectivity index (χ1n) is 5.29. The maximum Gasteiger partial charge on any atom is 0.0701 e. The number of hydrogen-bond acceptors (Lipinski definition) is 5. The monoisotopic (exact) mass is 221 g/mol. The summed E-state index contributed by atoms with van der Waals surface area (Å²) in [4.78, 5) is 0. The molecule has 0 fully saturated rings. The minimum absolute atomic E-state index is 0.0519. The predicted octanol–water partition coefficient (Wildman–Crippen LogP) is 0.0298. The molecule has 0 aliphatic heterocycles. The summed E-state index contributed by atoms with van der Waals surface area (Å²) < 4.78 is 20.5. The van der Waals surface area contributed by atoms with Crippen molar-refractivity contribution in [2.75, 3.05) is 53.4 Å². The molecule has 0 saturated carbocycles. The molecule has 0 spiro atoms. The van der Waals surface area contributed by atoms with Crippen LogP contribution < -0.4 is 5.73 Å². The van der Waals surface area contributed by atoms with Gasteiger partial charge in [0.1, 0.15) is 0 Å². The highest BCUT2D eigenvalue weighted by atomic mass is 16.5. The lowest BCUT2D eigenvalue weighted by Crippen LogP contribution is -2.32. The SMILES string of the molecule is CCOC[C@@H](N)COCCOCCOC. The van der Waals surface area contributed by atoms with Gasteiger partial charge in [-0.25, -0.2) is 0 Å². The molecule has 0 aromatic carbocycles. The third kappa shape index (κ3) is 11.7. The summed E-state index contributed by atoms with van der Waals surface area (Å²) in [6.45, 7) is 6.03. The molecule has 0 saturated heterocycles. The van der Waals surface area contributed by atoms with E-state index >= 15 is 0 Å². The Kier molecular flexibility index (Phi) is 11.7. The van der Waals surface area contributed by atoms with Crippen LogP contribution in [0.25, 0.3) is 0 Å². The van der Waals surface area contributed by atoms with Crippen LogP contribution in [-0.2, 0) is 18.9 Å². The van der Waals surface area contributed by atoms with Crippen molar-refractivity contribution in [3.8, 4) is 0 Å². The second kappa shape index (κ2) is 11.9. The van der Waals surface area contributed by atoms with Crippen molar-refractivity contribution in [2.24, 2.45) is 5.73 Å². The first-order valence-corrected chi connectivity index (χ1v) is 5.29. The highest BCUT2D eigenvalue weighted by molar-refractivity contribution is 4.57. The number of nitrogens with two attached hydrogens (primary N) is 1. The number of methoxy groups -OCH3 is 1. The fraction of sp³-hybridized carbons (Fsp3) is 1.00. The third-order valence-corrected chi connectivity index (χ3v) is 1.67. The third-order valence-electron chi connectivity index (χ3n) is 1.67. The van der Waals surface area contributed by atoms with Crippen LogP contribution in [0.4, 0.5) is 0 Å². The smallest absolute Gasteiger partial charge is 0.0701 e. The summed E-state index contributed by atoms with van der Waals surface area (Å²) in [5, 5.41) is 0. The molecule has 1 atom stereocenters. The van der Waals surface area contributed by atoms with Crippen LogP contribution in [0.3, 0.4) is 0 Å². The Morgan fingerprint density at radius 1 is 0.933 bits per heavy atom. The van der Waals surface area contributed by atoms with E-state index in [0.29, 0.717) is 46.2 Å². The van der Waals surface area contributed by atoms with Gasteiger partial charge in [-0.05, 0) is 6.92 Å². The zero-order valence-electron chi connectivity index (χ0n) is 9.74. The highest BCUT2D eigenvalue weighted by Crippen LogP contribution is 1.85. The van der Waals surface area contributed by atoms with E-state index in [1.807, 2.05) is 6.92 Å². The van der Waals surface area contributed by atoms with Gasteiger partial charge in [0.15, 0.2) is 0 Å². The Balaban J connectivity index is 3.02. The van der Waals surface area contributed by atoms with Crippen molar-refractivity contribution in [1.29, 1.82) is 0 Å². The molecule has 0 amide bonds. The van der Waals surface area contributed by atoms with Gasteiger partial charge in [-0.1, -0.05) is 0 Å². The molecular weight excluding hydrogens is 198 g/mol. The molecule has 0 aromatic heterocycles. The van der Waals surface area contributed by atoms with E-state index in [-0.39, 0.29) is 6.04 Å². The average Bonchev–Trinajstić information content (AvgIpc) is 2.25. The number of rotatable bonds is 11.